The second kappa shape index (κ2) is 8.68. The van der Waals surface area contributed by atoms with Crippen molar-refractivity contribution < 1.29 is 14.3 Å². The van der Waals surface area contributed by atoms with E-state index in [1.54, 1.807) is 6.08 Å². The first-order valence-electron chi connectivity index (χ1n) is 8.84. The van der Waals surface area contributed by atoms with Crippen LogP contribution in [0.1, 0.15) is 38.2 Å². The van der Waals surface area contributed by atoms with Gasteiger partial charge in [0.25, 0.3) is 5.91 Å². The number of ether oxygens (including phenoxy) is 1. The van der Waals surface area contributed by atoms with Gasteiger partial charge in [0, 0.05) is 6.04 Å². The number of rotatable bonds is 6. The molecule has 1 aliphatic carbocycles. The smallest absolute Gasteiger partial charge is 0.266 e. The molecule has 1 aromatic carbocycles. The zero-order valence-corrected chi connectivity index (χ0v) is 16.3. The van der Waals surface area contributed by atoms with Gasteiger partial charge in [-0.05, 0) is 43.5 Å². The fourth-order valence-electron chi connectivity index (χ4n) is 3.10. The summed E-state index contributed by atoms with van der Waals surface area (Å²) >= 11 is 6.53. The molecule has 0 spiro atoms. The fraction of sp³-hybridized carbons (Fsp3) is 0.421. The molecule has 0 radical (unpaired) electrons. The highest BCUT2D eigenvalue weighted by molar-refractivity contribution is 8.26. The van der Waals surface area contributed by atoms with Crippen LogP contribution in [0.5, 0.6) is 5.75 Å². The van der Waals surface area contributed by atoms with Crippen molar-refractivity contribution in [2.75, 3.05) is 13.2 Å². The molecule has 2 aliphatic rings. The molecule has 0 unspecified atom stereocenters. The van der Waals surface area contributed by atoms with Crippen LogP contribution in [0.15, 0.2) is 29.2 Å². The molecule has 0 aromatic heterocycles. The van der Waals surface area contributed by atoms with Crippen LogP contribution in [0.4, 0.5) is 0 Å². The minimum atomic E-state index is -0.213. The molecule has 3 rings (SSSR count). The predicted molar refractivity (Wildman–Crippen MR) is 108 cm³/mol. The third-order valence-electron chi connectivity index (χ3n) is 4.38. The molecule has 1 aliphatic heterocycles. The van der Waals surface area contributed by atoms with E-state index in [-0.39, 0.29) is 24.4 Å². The Morgan fingerprint density at radius 1 is 1.35 bits per heavy atom. The third-order valence-corrected chi connectivity index (χ3v) is 5.76. The normalized spacial score (nSPS) is 19.4. The molecule has 1 aromatic rings. The Morgan fingerprint density at radius 3 is 2.69 bits per heavy atom. The number of thiocarbonyl (C=S) groups is 1. The Morgan fingerprint density at radius 2 is 2.04 bits per heavy atom. The molecule has 7 heteroatoms. The molecule has 1 heterocycles. The van der Waals surface area contributed by atoms with E-state index in [2.05, 4.69) is 5.32 Å². The number of benzene rings is 1. The fourth-order valence-corrected chi connectivity index (χ4v) is 4.36. The largest absolute Gasteiger partial charge is 0.494 e. The molecule has 0 bridgehead atoms. The van der Waals surface area contributed by atoms with Crippen molar-refractivity contribution in [1.29, 1.82) is 0 Å². The van der Waals surface area contributed by atoms with Crippen molar-refractivity contribution in [2.45, 2.75) is 38.6 Å². The first-order valence-corrected chi connectivity index (χ1v) is 10.1. The summed E-state index contributed by atoms with van der Waals surface area (Å²) < 4.78 is 5.84. The van der Waals surface area contributed by atoms with Gasteiger partial charge in [0.15, 0.2) is 0 Å². The molecule has 1 saturated heterocycles. The number of nitrogens with one attached hydrogen (secondary N) is 1. The molecular weight excluding hydrogens is 368 g/mol. The second-order valence-electron chi connectivity index (χ2n) is 6.32. The van der Waals surface area contributed by atoms with Crippen molar-refractivity contribution in [2.24, 2.45) is 0 Å². The highest BCUT2D eigenvalue weighted by atomic mass is 32.2. The number of thioether (sulfide) groups is 1. The summed E-state index contributed by atoms with van der Waals surface area (Å²) in [5, 5.41) is 2.99. The van der Waals surface area contributed by atoms with E-state index in [0.717, 1.165) is 37.0 Å². The summed E-state index contributed by atoms with van der Waals surface area (Å²) in [6.07, 6.45) is 6.13. The minimum absolute atomic E-state index is 0.0121. The van der Waals surface area contributed by atoms with Gasteiger partial charge in [-0.2, -0.15) is 0 Å². The summed E-state index contributed by atoms with van der Waals surface area (Å²) in [4.78, 5) is 26.7. The highest BCUT2D eigenvalue weighted by Crippen LogP contribution is 2.32. The molecule has 0 atom stereocenters. The maximum absolute atomic E-state index is 12.6. The van der Waals surface area contributed by atoms with Crippen LogP contribution in [0.3, 0.4) is 0 Å². The molecule has 1 saturated carbocycles. The number of amides is 2. The van der Waals surface area contributed by atoms with Gasteiger partial charge < -0.3 is 10.1 Å². The zero-order valence-electron chi connectivity index (χ0n) is 14.7. The average Bonchev–Trinajstić information content (AvgIpc) is 3.21. The SMILES string of the molecule is CCOc1ccc(C=C2SC(=S)N(CC(=O)NC3CCCC3)C2=O)cc1. The minimum Gasteiger partial charge on any atom is -0.494 e. The molecule has 1 N–H and O–H groups in total. The van der Waals surface area contributed by atoms with E-state index in [4.69, 9.17) is 17.0 Å². The van der Waals surface area contributed by atoms with Gasteiger partial charge in [-0.1, -0.05) is 49.0 Å². The van der Waals surface area contributed by atoms with Crippen molar-refractivity contribution in [1.82, 2.24) is 10.2 Å². The van der Waals surface area contributed by atoms with Crippen LogP contribution >= 0.6 is 24.0 Å². The molecule has 138 valence electrons. The van der Waals surface area contributed by atoms with Crippen molar-refractivity contribution >= 4 is 46.2 Å². The monoisotopic (exact) mass is 390 g/mol. The van der Waals surface area contributed by atoms with Gasteiger partial charge in [-0.15, -0.1) is 0 Å². The van der Waals surface area contributed by atoms with E-state index in [1.807, 2.05) is 31.2 Å². The Labute approximate surface area is 163 Å². The van der Waals surface area contributed by atoms with E-state index in [9.17, 15) is 9.59 Å². The van der Waals surface area contributed by atoms with Crippen LogP contribution in [0.2, 0.25) is 0 Å². The summed E-state index contributed by atoms with van der Waals surface area (Å²) in [5.74, 6) is 0.437. The second-order valence-corrected chi connectivity index (χ2v) is 7.99. The Balaban J connectivity index is 1.63. The first kappa shape index (κ1) is 18.9. The quantitative estimate of drug-likeness (QED) is 0.596. The van der Waals surface area contributed by atoms with Gasteiger partial charge >= 0.3 is 0 Å². The van der Waals surface area contributed by atoms with Gasteiger partial charge in [-0.25, -0.2) is 0 Å². The van der Waals surface area contributed by atoms with E-state index >= 15 is 0 Å². The average molecular weight is 391 g/mol. The van der Waals surface area contributed by atoms with Gasteiger partial charge in [-0.3, -0.25) is 14.5 Å². The topological polar surface area (TPSA) is 58.6 Å². The lowest BCUT2D eigenvalue weighted by atomic mass is 10.2. The standard InChI is InChI=1S/C19H22N2O3S2/c1-2-24-15-9-7-13(8-10-15)11-16-18(23)21(19(25)26-16)12-17(22)20-14-5-3-4-6-14/h7-11,14H,2-6,12H2,1H3,(H,20,22). The van der Waals surface area contributed by atoms with Crippen LogP contribution in [-0.2, 0) is 9.59 Å². The summed E-state index contributed by atoms with van der Waals surface area (Å²) in [7, 11) is 0. The predicted octanol–water partition coefficient (Wildman–Crippen LogP) is 3.35. The molecule has 2 amide bonds. The van der Waals surface area contributed by atoms with Crippen molar-refractivity contribution in [3.05, 3.63) is 34.7 Å². The summed E-state index contributed by atoms with van der Waals surface area (Å²) in [6.45, 7) is 2.53. The van der Waals surface area contributed by atoms with Crippen molar-refractivity contribution in [3.63, 3.8) is 0 Å². The number of hydrogen-bond acceptors (Lipinski definition) is 5. The third kappa shape index (κ3) is 4.65. The number of hydrogen-bond donors (Lipinski definition) is 1. The number of carbonyl (C=O) groups excluding carboxylic acids is 2. The van der Waals surface area contributed by atoms with Crippen LogP contribution in [0, 0.1) is 0 Å². The maximum atomic E-state index is 12.6. The number of carbonyl (C=O) groups is 2. The van der Waals surface area contributed by atoms with Gasteiger partial charge in [0.1, 0.15) is 16.6 Å². The molecule has 26 heavy (non-hydrogen) atoms. The first-order chi connectivity index (χ1) is 12.6. The Bertz CT molecular complexity index is 725. The maximum Gasteiger partial charge on any atom is 0.266 e. The van der Waals surface area contributed by atoms with Gasteiger partial charge in [0.05, 0.1) is 11.5 Å². The summed E-state index contributed by atoms with van der Waals surface area (Å²) in [6, 6.07) is 7.76. The lowest BCUT2D eigenvalue weighted by Gasteiger charge is -2.17. The lowest BCUT2D eigenvalue weighted by Crippen LogP contribution is -2.42. The van der Waals surface area contributed by atoms with E-state index < -0.39 is 0 Å². The lowest BCUT2D eigenvalue weighted by molar-refractivity contribution is -0.129. The van der Waals surface area contributed by atoms with Gasteiger partial charge in [0.2, 0.25) is 5.91 Å². The Hall–Kier alpha value is -1.86. The molecular formula is C19H22N2O3S2. The summed E-state index contributed by atoms with van der Waals surface area (Å²) in [5.41, 5.74) is 0.893. The van der Waals surface area contributed by atoms with E-state index in [1.165, 1.54) is 16.7 Å². The number of nitrogens with zero attached hydrogens (tertiary/aromatic N) is 1. The molecule has 2 fully saturated rings. The molecule has 5 nitrogen and oxygen atoms in total. The van der Waals surface area contributed by atoms with Crippen molar-refractivity contribution in [3.8, 4) is 5.75 Å². The van der Waals surface area contributed by atoms with Crippen LogP contribution in [-0.4, -0.2) is 40.2 Å². The zero-order chi connectivity index (χ0) is 18.5. The highest BCUT2D eigenvalue weighted by Gasteiger charge is 2.33. The van der Waals surface area contributed by atoms with E-state index in [0.29, 0.717) is 15.8 Å². The van der Waals surface area contributed by atoms with Crippen LogP contribution in [0.25, 0.3) is 6.08 Å². The van der Waals surface area contributed by atoms with Crippen LogP contribution < -0.4 is 10.1 Å². The Kier molecular flexibility index (Phi) is 6.32.